The van der Waals surface area contributed by atoms with E-state index in [1.165, 1.54) is 11.3 Å². The highest BCUT2D eigenvalue weighted by Crippen LogP contribution is 2.32. The highest BCUT2D eigenvalue weighted by Gasteiger charge is 2.16. The first kappa shape index (κ1) is 13.8. The molecule has 0 fully saturated rings. The number of aryl methyl sites for hydroxylation is 1. The number of nitrogens with one attached hydrogen (secondary N) is 1. The molecule has 0 radical (unpaired) electrons. The van der Waals surface area contributed by atoms with Crippen LogP contribution in [0.3, 0.4) is 0 Å². The molecule has 2 heterocycles. The molecule has 6 heteroatoms. The van der Waals surface area contributed by atoms with Crippen molar-refractivity contribution in [1.29, 1.82) is 0 Å². The summed E-state index contributed by atoms with van der Waals surface area (Å²) < 4.78 is 0. The highest BCUT2D eigenvalue weighted by atomic mass is 32.1. The second-order valence-electron chi connectivity index (χ2n) is 4.71. The summed E-state index contributed by atoms with van der Waals surface area (Å²) in [7, 11) is 3.93. The van der Waals surface area contributed by atoms with Crippen LogP contribution in [0.1, 0.15) is 15.4 Å². The highest BCUT2D eigenvalue weighted by molar-refractivity contribution is 7.21. The van der Waals surface area contributed by atoms with Crippen LogP contribution in [0.5, 0.6) is 0 Å². The topological polar surface area (TPSA) is 71.2 Å². The summed E-state index contributed by atoms with van der Waals surface area (Å²) in [5, 5.41) is 3.72. The SMILES string of the molecule is Cc1ccc2c(N)c(C(=O)NCCN(C)C)sc2n1. The molecule has 3 N–H and O–H groups in total. The summed E-state index contributed by atoms with van der Waals surface area (Å²) in [6, 6.07) is 3.82. The van der Waals surface area contributed by atoms with Crippen LogP contribution in [0, 0.1) is 6.92 Å². The van der Waals surface area contributed by atoms with Gasteiger partial charge >= 0.3 is 0 Å². The number of aromatic nitrogens is 1. The van der Waals surface area contributed by atoms with E-state index in [9.17, 15) is 4.79 Å². The molecule has 0 aliphatic rings. The minimum absolute atomic E-state index is 0.125. The molecule has 0 saturated carbocycles. The number of carbonyl (C=O) groups excluding carboxylic acids is 1. The van der Waals surface area contributed by atoms with E-state index >= 15 is 0 Å². The van der Waals surface area contributed by atoms with Gasteiger partial charge in [0.2, 0.25) is 0 Å². The van der Waals surface area contributed by atoms with Gasteiger partial charge in [-0.2, -0.15) is 0 Å². The van der Waals surface area contributed by atoms with Crippen molar-refractivity contribution in [2.75, 3.05) is 32.9 Å². The fourth-order valence-electron chi connectivity index (χ4n) is 1.73. The number of hydrogen-bond donors (Lipinski definition) is 2. The van der Waals surface area contributed by atoms with Crippen LogP contribution in [0.25, 0.3) is 10.2 Å². The number of hydrogen-bond acceptors (Lipinski definition) is 5. The molecular formula is C13H18N4OS. The molecule has 2 rings (SSSR count). The number of pyridine rings is 1. The Bertz CT molecular complexity index is 606. The van der Waals surface area contributed by atoms with Crippen molar-refractivity contribution >= 4 is 33.1 Å². The normalized spacial score (nSPS) is 11.2. The molecule has 0 aliphatic heterocycles. The zero-order valence-corrected chi connectivity index (χ0v) is 12.2. The van der Waals surface area contributed by atoms with E-state index in [1.54, 1.807) is 0 Å². The van der Waals surface area contributed by atoms with Crippen LogP contribution < -0.4 is 11.1 Å². The van der Waals surface area contributed by atoms with Crippen LogP contribution in [0.2, 0.25) is 0 Å². The number of thiophene rings is 1. The quantitative estimate of drug-likeness (QED) is 0.888. The van der Waals surface area contributed by atoms with Gasteiger partial charge in [-0.15, -0.1) is 11.3 Å². The number of nitrogen functional groups attached to an aromatic ring is 1. The summed E-state index contributed by atoms with van der Waals surface area (Å²) in [5.41, 5.74) is 7.47. The van der Waals surface area contributed by atoms with Gasteiger partial charge in [0, 0.05) is 24.2 Å². The predicted molar refractivity (Wildman–Crippen MR) is 79.7 cm³/mol. The monoisotopic (exact) mass is 278 g/mol. The van der Waals surface area contributed by atoms with Crippen LogP contribution >= 0.6 is 11.3 Å². The molecular weight excluding hydrogens is 260 g/mol. The summed E-state index contributed by atoms with van der Waals surface area (Å²) in [5.74, 6) is -0.125. The molecule has 0 saturated heterocycles. The number of amides is 1. The van der Waals surface area contributed by atoms with Crippen LogP contribution in [0.15, 0.2) is 12.1 Å². The van der Waals surface area contributed by atoms with Crippen molar-refractivity contribution in [3.8, 4) is 0 Å². The summed E-state index contributed by atoms with van der Waals surface area (Å²) in [6.45, 7) is 3.33. The lowest BCUT2D eigenvalue weighted by molar-refractivity contribution is 0.0956. The number of fused-ring (bicyclic) bond motifs is 1. The van der Waals surface area contributed by atoms with Crippen molar-refractivity contribution in [2.24, 2.45) is 0 Å². The lowest BCUT2D eigenvalue weighted by Crippen LogP contribution is -2.31. The fourth-order valence-corrected chi connectivity index (χ4v) is 2.79. The number of nitrogens with two attached hydrogens (primary N) is 1. The Balaban J connectivity index is 2.20. The van der Waals surface area contributed by atoms with E-state index in [-0.39, 0.29) is 5.91 Å². The standard InChI is InChI=1S/C13H18N4OS/c1-8-4-5-9-10(14)11(19-13(9)16-8)12(18)15-6-7-17(2)3/h4-5H,6-7,14H2,1-3H3,(H,15,18). The van der Waals surface area contributed by atoms with Crippen LogP contribution in [0.4, 0.5) is 5.69 Å². The van der Waals surface area contributed by atoms with Gasteiger partial charge in [-0.05, 0) is 33.2 Å². The van der Waals surface area contributed by atoms with Crippen molar-refractivity contribution < 1.29 is 4.79 Å². The second kappa shape index (κ2) is 5.54. The third-order valence-electron chi connectivity index (χ3n) is 2.78. The first-order chi connectivity index (χ1) is 8.99. The predicted octanol–water partition coefficient (Wildman–Crippen LogP) is 1.48. The third-order valence-corrected chi connectivity index (χ3v) is 3.90. The summed E-state index contributed by atoms with van der Waals surface area (Å²) in [6.07, 6.45) is 0. The molecule has 0 atom stereocenters. The van der Waals surface area contributed by atoms with Gasteiger partial charge in [-0.1, -0.05) is 0 Å². The zero-order chi connectivity index (χ0) is 14.0. The maximum Gasteiger partial charge on any atom is 0.263 e. The van der Waals surface area contributed by atoms with Crippen molar-refractivity contribution in [2.45, 2.75) is 6.92 Å². The maximum atomic E-state index is 12.1. The third kappa shape index (κ3) is 3.02. The molecule has 0 aromatic carbocycles. The summed E-state index contributed by atoms with van der Waals surface area (Å²) >= 11 is 1.34. The Morgan fingerprint density at radius 1 is 1.47 bits per heavy atom. The van der Waals surface area contributed by atoms with Gasteiger partial charge in [0.05, 0.1) is 5.69 Å². The fraction of sp³-hybridized carbons (Fsp3) is 0.385. The smallest absolute Gasteiger partial charge is 0.263 e. The van der Waals surface area contributed by atoms with E-state index in [0.717, 1.165) is 22.5 Å². The number of nitrogens with zero attached hydrogens (tertiary/aromatic N) is 2. The first-order valence-corrected chi connectivity index (χ1v) is 6.89. The molecule has 102 valence electrons. The Labute approximate surface area is 116 Å². The van der Waals surface area contributed by atoms with Gasteiger partial charge in [0.25, 0.3) is 5.91 Å². The molecule has 0 unspecified atom stereocenters. The van der Waals surface area contributed by atoms with Crippen molar-refractivity contribution in [1.82, 2.24) is 15.2 Å². The van der Waals surface area contributed by atoms with E-state index in [4.69, 9.17) is 5.73 Å². The lowest BCUT2D eigenvalue weighted by atomic mass is 10.2. The van der Waals surface area contributed by atoms with Gasteiger partial charge in [0.1, 0.15) is 9.71 Å². The van der Waals surface area contributed by atoms with E-state index < -0.39 is 0 Å². The first-order valence-electron chi connectivity index (χ1n) is 6.07. The molecule has 2 aromatic heterocycles. The van der Waals surface area contributed by atoms with Crippen molar-refractivity contribution in [3.63, 3.8) is 0 Å². The molecule has 2 aromatic rings. The Hall–Kier alpha value is -1.66. The zero-order valence-electron chi connectivity index (χ0n) is 11.4. The van der Waals surface area contributed by atoms with Crippen LogP contribution in [-0.4, -0.2) is 43.0 Å². The van der Waals surface area contributed by atoms with Crippen molar-refractivity contribution in [3.05, 3.63) is 22.7 Å². The average molecular weight is 278 g/mol. The van der Waals surface area contributed by atoms with Gasteiger partial charge in [0.15, 0.2) is 0 Å². The maximum absolute atomic E-state index is 12.1. The molecule has 0 spiro atoms. The van der Waals surface area contributed by atoms with Gasteiger partial charge in [-0.25, -0.2) is 4.98 Å². The molecule has 5 nitrogen and oxygen atoms in total. The Morgan fingerprint density at radius 2 is 2.21 bits per heavy atom. The van der Waals surface area contributed by atoms with E-state index in [0.29, 0.717) is 17.1 Å². The number of carbonyl (C=O) groups is 1. The minimum atomic E-state index is -0.125. The lowest BCUT2D eigenvalue weighted by Gasteiger charge is -2.09. The molecule has 1 amide bonds. The molecule has 0 bridgehead atoms. The minimum Gasteiger partial charge on any atom is -0.397 e. The average Bonchev–Trinajstić information content (AvgIpc) is 2.65. The number of likely N-dealkylation sites (N-methyl/N-ethyl adjacent to an activating group) is 1. The van der Waals surface area contributed by atoms with E-state index in [1.807, 2.05) is 38.1 Å². The Morgan fingerprint density at radius 3 is 2.89 bits per heavy atom. The summed E-state index contributed by atoms with van der Waals surface area (Å²) in [4.78, 5) is 19.8. The van der Waals surface area contributed by atoms with Gasteiger partial charge < -0.3 is 16.0 Å². The van der Waals surface area contributed by atoms with Gasteiger partial charge in [-0.3, -0.25) is 4.79 Å². The molecule has 19 heavy (non-hydrogen) atoms. The van der Waals surface area contributed by atoms with E-state index in [2.05, 4.69) is 10.3 Å². The number of rotatable bonds is 4. The second-order valence-corrected chi connectivity index (χ2v) is 5.71. The molecule has 0 aliphatic carbocycles. The largest absolute Gasteiger partial charge is 0.397 e. The number of anilines is 1. The van der Waals surface area contributed by atoms with Crippen LogP contribution in [-0.2, 0) is 0 Å². The Kier molecular flexibility index (Phi) is 4.01.